The van der Waals surface area contributed by atoms with Crippen molar-refractivity contribution < 1.29 is 9.53 Å². The van der Waals surface area contributed by atoms with Crippen LogP contribution in [0.1, 0.15) is 11.1 Å². The molecule has 32 heavy (non-hydrogen) atoms. The van der Waals surface area contributed by atoms with Gasteiger partial charge in [-0.2, -0.15) is 0 Å². The molecule has 0 aliphatic carbocycles. The molecule has 0 atom stereocenters. The first-order valence-electron chi connectivity index (χ1n) is 10.1. The maximum absolute atomic E-state index is 12.3. The Kier molecular flexibility index (Phi) is 7.73. The number of thioether (sulfide) groups is 1. The van der Waals surface area contributed by atoms with Gasteiger partial charge in [0.1, 0.15) is 12.4 Å². The van der Waals surface area contributed by atoms with Crippen molar-refractivity contribution in [1.29, 1.82) is 0 Å². The number of nitrogens with one attached hydrogen (secondary N) is 2. The number of ether oxygens (including phenoxy) is 1. The smallest absolute Gasteiger partial charge is 0.234 e. The molecule has 1 amide bonds. The van der Waals surface area contributed by atoms with E-state index < -0.39 is 0 Å². The number of rotatable bonds is 10. The second-order valence-electron chi connectivity index (χ2n) is 6.85. The third-order valence-corrected chi connectivity index (χ3v) is 6.42. The zero-order valence-electron chi connectivity index (χ0n) is 17.2. The monoisotopic (exact) mass is 462 g/mol. The molecule has 2 N–H and O–H groups in total. The summed E-state index contributed by atoms with van der Waals surface area (Å²) >= 11 is 2.81. The molecule has 0 aliphatic rings. The molecule has 6 nitrogen and oxygen atoms in total. The first-order chi connectivity index (χ1) is 15.7. The average molecular weight is 463 g/mol. The standard InChI is InChI=1S/C24H22N4O2S2/c29-22(17-31-24-28-27-23(32-24)25-15-18-7-3-1-4-8-18)26-20-11-13-21(14-12-20)30-16-19-9-5-2-6-10-19/h1-14H,15-17H2,(H,25,27)(H,26,29). The number of amides is 1. The molecule has 0 aliphatic heterocycles. The first-order valence-corrected chi connectivity index (χ1v) is 11.9. The zero-order chi connectivity index (χ0) is 22.0. The van der Waals surface area contributed by atoms with Gasteiger partial charge in [-0.1, -0.05) is 83.8 Å². The Hall–Kier alpha value is -3.36. The van der Waals surface area contributed by atoms with Gasteiger partial charge in [-0.05, 0) is 35.4 Å². The van der Waals surface area contributed by atoms with Crippen molar-refractivity contribution in [2.24, 2.45) is 0 Å². The van der Waals surface area contributed by atoms with Crippen molar-refractivity contribution in [2.75, 3.05) is 16.4 Å². The summed E-state index contributed by atoms with van der Waals surface area (Å²) in [7, 11) is 0. The normalized spacial score (nSPS) is 10.5. The Bertz CT molecular complexity index is 1120. The van der Waals surface area contributed by atoms with E-state index in [1.807, 2.05) is 72.8 Å². The quantitative estimate of drug-likeness (QED) is 0.305. The summed E-state index contributed by atoms with van der Waals surface area (Å²) in [5, 5.41) is 15.2. The van der Waals surface area contributed by atoms with Gasteiger partial charge in [0.15, 0.2) is 4.34 Å². The fraction of sp³-hybridized carbons (Fsp3) is 0.125. The highest BCUT2D eigenvalue weighted by atomic mass is 32.2. The minimum Gasteiger partial charge on any atom is -0.489 e. The second-order valence-corrected chi connectivity index (χ2v) is 9.05. The van der Waals surface area contributed by atoms with Gasteiger partial charge in [0.05, 0.1) is 5.75 Å². The first kappa shape index (κ1) is 21.9. The van der Waals surface area contributed by atoms with Crippen molar-refractivity contribution in [3.05, 3.63) is 96.1 Å². The molecule has 4 rings (SSSR count). The molecule has 1 aromatic heterocycles. The predicted molar refractivity (Wildman–Crippen MR) is 130 cm³/mol. The molecular weight excluding hydrogens is 440 g/mol. The SMILES string of the molecule is O=C(CSc1nnc(NCc2ccccc2)s1)Nc1ccc(OCc2ccccc2)cc1. The molecule has 1 heterocycles. The number of hydrogen-bond donors (Lipinski definition) is 2. The van der Waals surface area contributed by atoms with Gasteiger partial charge < -0.3 is 15.4 Å². The van der Waals surface area contributed by atoms with E-state index in [1.165, 1.54) is 28.7 Å². The third-order valence-electron chi connectivity index (χ3n) is 4.41. The predicted octanol–water partition coefficient (Wildman–Crippen LogP) is 5.46. The van der Waals surface area contributed by atoms with Crippen LogP contribution in [0.5, 0.6) is 5.75 Å². The molecule has 3 aromatic carbocycles. The van der Waals surface area contributed by atoms with Gasteiger partial charge in [0.2, 0.25) is 11.0 Å². The fourth-order valence-electron chi connectivity index (χ4n) is 2.81. The summed E-state index contributed by atoms with van der Waals surface area (Å²) in [6.45, 7) is 1.19. The number of benzene rings is 3. The second kappa shape index (κ2) is 11.3. The van der Waals surface area contributed by atoms with E-state index >= 15 is 0 Å². The molecule has 0 saturated carbocycles. The highest BCUT2D eigenvalue weighted by molar-refractivity contribution is 8.01. The molecule has 0 saturated heterocycles. The Morgan fingerprint density at radius 2 is 1.56 bits per heavy atom. The average Bonchev–Trinajstić information content (AvgIpc) is 3.30. The summed E-state index contributed by atoms with van der Waals surface area (Å²) in [6.07, 6.45) is 0. The maximum atomic E-state index is 12.3. The van der Waals surface area contributed by atoms with Crippen LogP contribution in [-0.4, -0.2) is 21.9 Å². The molecule has 0 unspecified atom stereocenters. The summed E-state index contributed by atoms with van der Waals surface area (Å²) in [5.41, 5.74) is 3.01. The molecular formula is C24H22N4O2S2. The number of carbonyl (C=O) groups is 1. The molecule has 8 heteroatoms. The van der Waals surface area contributed by atoms with Crippen LogP contribution in [0, 0.1) is 0 Å². The van der Waals surface area contributed by atoms with Crippen LogP contribution in [0.2, 0.25) is 0 Å². The molecule has 0 radical (unpaired) electrons. The minimum absolute atomic E-state index is 0.0954. The Morgan fingerprint density at radius 3 is 2.28 bits per heavy atom. The lowest BCUT2D eigenvalue weighted by Gasteiger charge is -2.08. The van der Waals surface area contributed by atoms with Crippen molar-refractivity contribution in [3.63, 3.8) is 0 Å². The molecule has 0 bridgehead atoms. The van der Waals surface area contributed by atoms with Crippen LogP contribution >= 0.6 is 23.1 Å². The lowest BCUT2D eigenvalue weighted by molar-refractivity contribution is -0.113. The summed E-state index contributed by atoms with van der Waals surface area (Å²) in [5.74, 6) is 0.923. The molecule has 0 spiro atoms. The van der Waals surface area contributed by atoms with Gasteiger partial charge in [-0.25, -0.2) is 0 Å². The van der Waals surface area contributed by atoms with E-state index in [1.54, 1.807) is 0 Å². The van der Waals surface area contributed by atoms with Crippen molar-refractivity contribution in [2.45, 2.75) is 17.5 Å². The van der Waals surface area contributed by atoms with Gasteiger partial charge in [0.25, 0.3) is 0 Å². The highest BCUT2D eigenvalue weighted by Gasteiger charge is 2.09. The van der Waals surface area contributed by atoms with Crippen LogP contribution in [-0.2, 0) is 17.9 Å². The lowest BCUT2D eigenvalue weighted by Crippen LogP contribution is -2.13. The zero-order valence-corrected chi connectivity index (χ0v) is 18.9. The van der Waals surface area contributed by atoms with E-state index in [-0.39, 0.29) is 11.7 Å². The largest absolute Gasteiger partial charge is 0.489 e. The number of anilines is 2. The van der Waals surface area contributed by atoms with Gasteiger partial charge in [-0.3, -0.25) is 4.79 Å². The highest BCUT2D eigenvalue weighted by Crippen LogP contribution is 2.26. The summed E-state index contributed by atoms with van der Waals surface area (Å²) in [6, 6.07) is 27.4. The third kappa shape index (κ3) is 6.83. The molecule has 162 valence electrons. The van der Waals surface area contributed by atoms with E-state index in [2.05, 4.69) is 33.0 Å². The van der Waals surface area contributed by atoms with Crippen molar-refractivity contribution >= 4 is 39.8 Å². The van der Waals surface area contributed by atoms with E-state index in [9.17, 15) is 4.79 Å². The number of aromatic nitrogens is 2. The summed E-state index contributed by atoms with van der Waals surface area (Å²) < 4.78 is 6.52. The van der Waals surface area contributed by atoms with Gasteiger partial charge in [-0.15, -0.1) is 10.2 Å². The topological polar surface area (TPSA) is 76.1 Å². The Morgan fingerprint density at radius 1 is 0.875 bits per heavy atom. The maximum Gasteiger partial charge on any atom is 0.234 e. The minimum atomic E-state index is -0.0954. The van der Waals surface area contributed by atoms with Crippen LogP contribution in [0.25, 0.3) is 0 Å². The lowest BCUT2D eigenvalue weighted by atomic mass is 10.2. The van der Waals surface area contributed by atoms with E-state index in [0.29, 0.717) is 13.2 Å². The Labute approximate surface area is 195 Å². The van der Waals surface area contributed by atoms with Crippen molar-refractivity contribution in [1.82, 2.24) is 10.2 Å². The van der Waals surface area contributed by atoms with E-state index in [4.69, 9.17) is 4.74 Å². The number of carbonyl (C=O) groups excluding carboxylic acids is 1. The number of hydrogen-bond acceptors (Lipinski definition) is 7. The van der Waals surface area contributed by atoms with Crippen LogP contribution in [0.15, 0.2) is 89.3 Å². The van der Waals surface area contributed by atoms with Crippen LogP contribution in [0.3, 0.4) is 0 Å². The molecule has 0 fully saturated rings. The van der Waals surface area contributed by atoms with Gasteiger partial charge in [0, 0.05) is 12.2 Å². The Balaban J connectivity index is 1.19. The van der Waals surface area contributed by atoms with Crippen molar-refractivity contribution in [3.8, 4) is 5.75 Å². The molecule has 4 aromatic rings. The fourth-order valence-corrected chi connectivity index (χ4v) is 4.36. The van der Waals surface area contributed by atoms with Crippen LogP contribution in [0.4, 0.5) is 10.8 Å². The number of nitrogens with zero attached hydrogens (tertiary/aromatic N) is 2. The van der Waals surface area contributed by atoms with Gasteiger partial charge >= 0.3 is 0 Å². The van der Waals surface area contributed by atoms with Crippen LogP contribution < -0.4 is 15.4 Å². The summed E-state index contributed by atoms with van der Waals surface area (Å²) in [4.78, 5) is 12.3. The van der Waals surface area contributed by atoms with E-state index in [0.717, 1.165) is 26.5 Å².